The van der Waals surface area contributed by atoms with Gasteiger partial charge in [0.15, 0.2) is 5.94 Å². The van der Waals surface area contributed by atoms with Crippen LogP contribution in [0.15, 0.2) is 65.6 Å². The minimum atomic E-state index is -3.35. The molecular weight excluding hydrogens is 248 g/mol. The summed E-state index contributed by atoms with van der Waals surface area (Å²) in [7, 11) is -3.35. The Kier molecular flexibility index (Phi) is 4.12. The fraction of sp³-hybridized carbons (Fsp3) is 0.143. The van der Waals surface area contributed by atoms with Crippen LogP contribution in [0.25, 0.3) is 0 Å². The van der Waals surface area contributed by atoms with Gasteiger partial charge < -0.3 is 4.74 Å². The summed E-state index contributed by atoms with van der Waals surface area (Å²) in [6.07, 6.45) is 0. The lowest BCUT2D eigenvalue weighted by molar-refractivity contribution is 0.163. The molecule has 0 bridgehead atoms. The van der Waals surface area contributed by atoms with Crippen LogP contribution in [0, 0.1) is 0 Å². The fourth-order valence-corrected chi connectivity index (χ4v) is 2.55. The molecular formula is C14H14O3S. The van der Waals surface area contributed by atoms with Crippen LogP contribution in [0.1, 0.15) is 5.56 Å². The van der Waals surface area contributed by atoms with Crippen LogP contribution in [0.4, 0.5) is 0 Å². The Hall–Kier alpha value is -1.65. The number of sulfone groups is 1. The normalized spacial score (nSPS) is 11.3. The van der Waals surface area contributed by atoms with E-state index in [1.165, 1.54) is 0 Å². The van der Waals surface area contributed by atoms with E-state index < -0.39 is 9.84 Å². The first-order valence-corrected chi connectivity index (χ1v) is 7.23. The van der Waals surface area contributed by atoms with Gasteiger partial charge >= 0.3 is 0 Å². The van der Waals surface area contributed by atoms with E-state index in [-0.39, 0.29) is 10.8 Å². The van der Waals surface area contributed by atoms with Crippen LogP contribution in [-0.2, 0) is 21.2 Å². The van der Waals surface area contributed by atoms with E-state index >= 15 is 0 Å². The second-order valence-corrected chi connectivity index (χ2v) is 5.82. The van der Waals surface area contributed by atoms with Crippen molar-refractivity contribution in [3.05, 3.63) is 66.2 Å². The zero-order valence-corrected chi connectivity index (χ0v) is 10.6. The van der Waals surface area contributed by atoms with Gasteiger partial charge in [-0.15, -0.1) is 0 Å². The molecule has 2 aromatic carbocycles. The lowest BCUT2D eigenvalue weighted by atomic mass is 10.2. The number of ether oxygens (including phenoxy) is 1. The molecule has 0 aliphatic carbocycles. The Morgan fingerprint density at radius 1 is 0.833 bits per heavy atom. The molecule has 0 saturated heterocycles. The van der Waals surface area contributed by atoms with E-state index in [9.17, 15) is 8.42 Å². The minimum Gasteiger partial charge on any atom is -0.360 e. The van der Waals surface area contributed by atoms with Crippen molar-refractivity contribution in [3.63, 3.8) is 0 Å². The Bertz CT molecular complexity index is 577. The topological polar surface area (TPSA) is 43.4 Å². The van der Waals surface area contributed by atoms with Crippen molar-refractivity contribution in [1.82, 2.24) is 0 Å². The molecule has 0 amide bonds. The maximum Gasteiger partial charge on any atom is 0.202 e. The number of rotatable bonds is 5. The van der Waals surface area contributed by atoms with Crippen molar-refractivity contribution >= 4 is 9.84 Å². The predicted molar refractivity (Wildman–Crippen MR) is 69.7 cm³/mol. The second-order valence-electron chi connectivity index (χ2n) is 3.88. The fourth-order valence-electron chi connectivity index (χ4n) is 1.54. The van der Waals surface area contributed by atoms with Crippen molar-refractivity contribution in [2.75, 3.05) is 5.94 Å². The highest BCUT2D eigenvalue weighted by molar-refractivity contribution is 7.91. The van der Waals surface area contributed by atoms with E-state index in [0.717, 1.165) is 5.56 Å². The molecule has 0 N–H and O–H groups in total. The number of hydrogen-bond donors (Lipinski definition) is 0. The van der Waals surface area contributed by atoms with Crippen LogP contribution >= 0.6 is 0 Å². The summed E-state index contributed by atoms with van der Waals surface area (Å²) < 4.78 is 29.0. The molecule has 0 atom stereocenters. The summed E-state index contributed by atoms with van der Waals surface area (Å²) in [6.45, 7) is 0.299. The van der Waals surface area contributed by atoms with Gasteiger partial charge in [0.05, 0.1) is 11.5 Å². The van der Waals surface area contributed by atoms with Crippen LogP contribution < -0.4 is 0 Å². The average molecular weight is 262 g/mol. The highest BCUT2D eigenvalue weighted by Crippen LogP contribution is 2.11. The summed E-state index contributed by atoms with van der Waals surface area (Å²) in [6, 6.07) is 17.8. The van der Waals surface area contributed by atoms with Gasteiger partial charge in [-0.1, -0.05) is 48.5 Å². The zero-order chi connectivity index (χ0) is 12.8. The van der Waals surface area contributed by atoms with Gasteiger partial charge in [-0.3, -0.25) is 0 Å². The summed E-state index contributed by atoms with van der Waals surface area (Å²) in [5.74, 6) is -0.300. The molecule has 0 aromatic heterocycles. The molecule has 0 unspecified atom stereocenters. The molecule has 18 heavy (non-hydrogen) atoms. The molecule has 0 saturated carbocycles. The first-order chi connectivity index (χ1) is 8.68. The first kappa shape index (κ1) is 12.8. The highest BCUT2D eigenvalue weighted by atomic mass is 32.2. The minimum absolute atomic E-state index is 0.290. The van der Waals surface area contributed by atoms with Crippen molar-refractivity contribution in [2.24, 2.45) is 0 Å². The Morgan fingerprint density at radius 3 is 2.00 bits per heavy atom. The molecule has 0 aliphatic heterocycles. The van der Waals surface area contributed by atoms with Crippen LogP contribution in [0.5, 0.6) is 0 Å². The lowest BCUT2D eigenvalue weighted by Crippen LogP contribution is -2.09. The van der Waals surface area contributed by atoms with Crippen LogP contribution in [0.2, 0.25) is 0 Å². The van der Waals surface area contributed by atoms with Crippen molar-refractivity contribution in [2.45, 2.75) is 11.5 Å². The zero-order valence-electron chi connectivity index (χ0n) is 9.82. The summed E-state index contributed by atoms with van der Waals surface area (Å²) in [5.41, 5.74) is 0.959. The lowest BCUT2D eigenvalue weighted by Gasteiger charge is -2.06. The van der Waals surface area contributed by atoms with Gasteiger partial charge in [0, 0.05) is 0 Å². The van der Waals surface area contributed by atoms with E-state index in [2.05, 4.69) is 0 Å². The molecule has 0 heterocycles. The molecule has 0 aliphatic rings. The van der Waals surface area contributed by atoms with Crippen LogP contribution in [0.3, 0.4) is 0 Å². The first-order valence-electron chi connectivity index (χ1n) is 5.58. The molecule has 0 radical (unpaired) electrons. The second kappa shape index (κ2) is 5.80. The largest absolute Gasteiger partial charge is 0.360 e. The smallest absolute Gasteiger partial charge is 0.202 e. The third-order valence-electron chi connectivity index (χ3n) is 2.45. The van der Waals surface area contributed by atoms with Crippen LogP contribution in [-0.4, -0.2) is 14.4 Å². The Balaban J connectivity index is 1.95. The maximum absolute atomic E-state index is 11.9. The molecule has 3 nitrogen and oxygen atoms in total. The number of benzene rings is 2. The van der Waals surface area contributed by atoms with E-state index in [1.807, 2.05) is 30.3 Å². The third kappa shape index (κ3) is 3.42. The standard InChI is InChI=1S/C14H14O3S/c15-18(16,14-9-5-2-6-10-14)12-17-11-13-7-3-1-4-8-13/h1-10H,11-12H2. The van der Waals surface area contributed by atoms with Gasteiger partial charge in [-0.05, 0) is 17.7 Å². The van der Waals surface area contributed by atoms with Gasteiger partial charge in [0.2, 0.25) is 9.84 Å². The Labute approximate surface area is 107 Å². The predicted octanol–water partition coefficient (Wildman–Crippen LogP) is 2.63. The SMILES string of the molecule is O=S(=O)(COCc1ccccc1)c1ccccc1. The monoisotopic (exact) mass is 262 g/mol. The van der Waals surface area contributed by atoms with E-state index in [1.54, 1.807) is 30.3 Å². The van der Waals surface area contributed by atoms with Crippen molar-refractivity contribution in [1.29, 1.82) is 0 Å². The molecule has 2 aromatic rings. The third-order valence-corrected chi connectivity index (χ3v) is 3.92. The number of hydrogen-bond acceptors (Lipinski definition) is 3. The van der Waals surface area contributed by atoms with Gasteiger partial charge in [-0.25, -0.2) is 8.42 Å². The molecule has 0 fully saturated rings. The van der Waals surface area contributed by atoms with Gasteiger partial charge in [0.1, 0.15) is 0 Å². The summed E-state index contributed by atoms with van der Waals surface area (Å²) in [5, 5.41) is 0. The maximum atomic E-state index is 11.9. The summed E-state index contributed by atoms with van der Waals surface area (Å²) in [4.78, 5) is 0.290. The average Bonchev–Trinajstić information content (AvgIpc) is 2.41. The van der Waals surface area contributed by atoms with Gasteiger partial charge in [-0.2, -0.15) is 0 Å². The Morgan fingerprint density at radius 2 is 1.39 bits per heavy atom. The molecule has 2 rings (SSSR count). The van der Waals surface area contributed by atoms with Crippen molar-refractivity contribution < 1.29 is 13.2 Å². The van der Waals surface area contributed by atoms with E-state index in [0.29, 0.717) is 6.61 Å². The molecule has 0 spiro atoms. The summed E-state index contributed by atoms with van der Waals surface area (Å²) >= 11 is 0. The molecule has 94 valence electrons. The van der Waals surface area contributed by atoms with Crippen molar-refractivity contribution in [3.8, 4) is 0 Å². The molecule has 4 heteroatoms. The van der Waals surface area contributed by atoms with Gasteiger partial charge in [0.25, 0.3) is 0 Å². The quantitative estimate of drug-likeness (QED) is 0.832. The van der Waals surface area contributed by atoms with E-state index in [4.69, 9.17) is 4.74 Å². The highest BCUT2D eigenvalue weighted by Gasteiger charge is 2.13.